The lowest BCUT2D eigenvalue weighted by atomic mass is 10.1. The van der Waals surface area contributed by atoms with Gasteiger partial charge >= 0.3 is 0 Å². The van der Waals surface area contributed by atoms with Crippen molar-refractivity contribution in [2.75, 3.05) is 6.54 Å². The van der Waals surface area contributed by atoms with Crippen LogP contribution in [0.15, 0.2) is 41.1 Å². The van der Waals surface area contributed by atoms with Crippen molar-refractivity contribution in [1.29, 1.82) is 0 Å². The summed E-state index contributed by atoms with van der Waals surface area (Å²) in [4.78, 5) is 11.1. The third-order valence-corrected chi connectivity index (χ3v) is 4.36. The largest absolute Gasteiger partial charge is 0.504 e. The third kappa shape index (κ3) is 2.89. The number of hydrogen-bond donors (Lipinski definition) is 3. The van der Waals surface area contributed by atoms with Crippen molar-refractivity contribution in [2.45, 2.75) is 19.5 Å². The maximum atomic E-state index is 9.97. The lowest BCUT2D eigenvalue weighted by Crippen LogP contribution is -2.31. The quantitative estimate of drug-likeness (QED) is 0.630. The highest BCUT2D eigenvalue weighted by atomic mass is 16.3. The van der Waals surface area contributed by atoms with Crippen LogP contribution in [0.25, 0.3) is 11.6 Å². The molecule has 7 nitrogen and oxygen atoms in total. The van der Waals surface area contributed by atoms with E-state index in [9.17, 15) is 15.3 Å². The van der Waals surface area contributed by atoms with Crippen LogP contribution in [0.1, 0.15) is 16.8 Å². The monoisotopic (exact) mass is 339 g/mol. The average molecular weight is 339 g/mol. The second kappa shape index (κ2) is 6.10. The molecule has 0 unspecified atom stereocenters. The number of benzene rings is 1. The number of phenols is 3. The molecule has 3 N–H and O–H groups in total. The Morgan fingerprint density at radius 2 is 2.00 bits per heavy atom. The molecule has 0 amide bonds. The second-order valence-electron chi connectivity index (χ2n) is 6.04. The summed E-state index contributed by atoms with van der Waals surface area (Å²) in [5.74, 6) is 0.133. The molecule has 4 rings (SSSR count). The first kappa shape index (κ1) is 15.5. The molecule has 0 bridgehead atoms. The first-order valence-corrected chi connectivity index (χ1v) is 7.95. The van der Waals surface area contributed by atoms with Gasteiger partial charge in [0.1, 0.15) is 0 Å². The van der Waals surface area contributed by atoms with Gasteiger partial charge in [0.2, 0.25) is 5.75 Å². The average Bonchev–Trinajstić information content (AvgIpc) is 3.16. The molecule has 2 aromatic heterocycles. The molecule has 1 aliphatic heterocycles. The van der Waals surface area contributed by atoms with E-state index in [0.29, 0.717) is 30.2 Å². The molecule has 1 aromatic carbocycles. The summed E-state index contributed by atoms with van der Waals surface area (Å²) in [6.45, 7) is 1.87. The fraction of sp³-hybridized carbons (Fsp3) is 0.222. The van der Waals surface area contributed by atoms with E-state index in [2.05, 4.69) is 14.9 Å². The molecule has 128 valence electrons. The van der Waals surface area contributed by atoms with E-state index >= 15 is 0 Å². The Morgan fingerprint density at radius 3 is 2.80 bits per heavy atom. The lowest BCUT2D eigenvalue weighted by molar-refractivity contribution is 0.238. The van der Waals surface area contributed by atoms with Crippen molar-refractivity contribution < 1.29 is 19.7 Å². The number of hydrogen-bond acceptors (Lipinski definition) is 7. The molecule has 1 aliphatic rings. The molecule has 25 heavy (non-hydrogen) atoms. The predicted molar refractivity (Wildman–Crippen MR) is 89.0 cm³/mol. The maximum absolute atomic E-state index is 9.97. The summed E-state index contributed by atoms with van der Waals surface area (Å²) < 4.78 is 5.34. The highest BCUT2D eigenvalue weighted by Crippen LogP contribution is 2.37. The van der Waals surface area contributed by atoms with E-state index in [1.165, 1.54) is 6.07 Å². The molecule has 0 saturated heterocycles. The lowest BCUT2D eigenvalue weighted by Gasteiger charge is -2.28. The summed E-state index contributed by atoms with van der Waals surface area (Å²) in [6.07, 6.45) is 4.16. The Kier molecular flexibility index (Phi) is 3.77. The van der Waals surface area contributed by atoms with Gasteiger partial charge in [-0.1, -0.05) is 6.07 Å². The highest BCUT2D eigenvalue weighted by molar-refractivity contribution is 5.53. The number of rotatable bonds is 3. The topological polar surface area (TPSA) is 103 Å². The molecule has 0 aliphatic carbocycles. The summed E-state index contributed by atoms with van der Waals surface area (Å²) in [5, 5.41) is 29.0. The zero-order chi connectivity index (χ0) is 17.4. The Morgan fingerprint density at radius 1 is 1.12 bits per heavy atom. The van der Waals surface area contributed by atoms with Crippen molar-refractivity contribution in [3.63, 3.8) is 0 Å². The van der Waals surface area contributed by atoms with Crippen LogP contribution in [-0.4, -0.2) is 36.7 Å². The molecular formula is C18H17N3O4. The van der Waals surface area contributed by atoms with E-state index in [1.807, 2.05) is 6.07 Å². The van der Waals surface area contributed by atoms with E-state index < -0.39 is 5.75 Å². The minimum atomic E-state index is -0.485. The van der Waals surface area contributed by atoms with Gasteiger partial charge in [0.25, 0.3) is 0 Å². The van der Waals surface area contributed by atoms with Crippen molar-refractivity contribution in [3.8, 4) is 28.8 Å². The SMILES string of the molecule is Oc1ccc(CN2CCc3nc(-c4ccco4)ncc3C2)c(O)c1O. The minimum absolute atomic E-state index is 0.282. The van der Waals surface area contributed by atoms with E-state index in [-0.39, 0.29) is 11.5 Å². The highest BCUT2D eigenvalue weighted by Gasteiger charge is 2.21. The number of nitrogens with zero attached hydrogens (tertiary/aromatic N) is 3. The van der Waals surface area contributed by atoms with Crippen LogP contribution in [0, 0.1) is 0 Å². The molecule has 7 heteroatoms. The van der Waals surface area contributed by atoms with E-state index in [0.717, 1.165) is 24.2 Å². The van der Waals surface area contributed by atoms with E-state index in [4.69, 9.17) is 4.42 Å². The van der Waals surface area contributed by atoms with Crippen molar-refractivity contribution in [3.05, 3.63) is 53.5 Å². The summed E-state index contributed by atoms with van der Waals surface area (Å²) in [5.41, 5.74) is 2.59. The van der Waals surface area contributed by atoms with E-state index in [1.54, 1.807) is 24.6 Å². The maximum Gasteiger partial charge on any atom is 0.200 e. The number of aromatic nitrogens is 2. The molecule has 3 aromatic rings. The van der Waals surface area contributed by atoms with Gasteiger partial charge in [0.15, 0.2) is 23.1 Å². The third-order valence-electron chi connectivity index (χ3n) is 4.36. The first-order chi connectivity index (χ1) is 12.1. The van der Waals surface area contributed by atoms with Gasteiger partial charge < -0.3 is 19.7 Å². The Bertz CT molecular complexity index is 909. The van der Waals surface area contributed by atoms with Crippen LogP contribution in [0.5, 0.6) is 17.2 Å². The van der Waals surface area contributed by atoms with Gasteiger partial charge in [-0.2, -0.15) is 0 Å². The van der Waals surface area contributed by atoms with Crippen LogP contribution in [0.3, 0.4) is 0 Å². The fourth-order valence-electron chi connectivity index (χ4n) is 3.01. The molecule has 0 radical (unpaired) electrons. The van der Waals surface area contributed by atoms with Gasteiger partial charge in [0.05, 0.1) is 12.0 Å². The summed E-state index contributed by atoms with van der Waals surface area (Å²) in [6, 6.07) is 6.62. The minimum Gasteiger partial charge on any atom is -0.504 e. The van der Waals surface area contributed by atoms with Gasteiger partial charge in [-0.15, -0.1) is 0 Å². The smallest absolute Gasteiger partial charge is 0.200 e. The Labute approximate surface area is 143 Å². The molecule has 0 atom stereocenters. The first-order valence-electron chi connectivity index (χ1n) is 7.95. The van der Waals surface area contributed by atoms with Gasteiger partial charge in [-0.3, -0.25) is 4.90 Å². The number of phenolic OH excluding ortho intramolecular Hbond substituents is 3. The van der Waals surface area contributed by atoms with Gasteiger partial charge in [-0.25, -0.2) is 9.97 Å². The Balaban J connectivity index is 1.53. The van der Waals surface area contributed by atoms with Crippen LogP contribution in [-0.2, 0) is 19.5 Å². The zero-order valence-electron chi connectivity index (χ0n) is 13.4. The molecule has 0 fully saturated rings. The standard InChI is InChI=1S/C18H17N3O4/c22-14-4-3-11(16(23)17(14)24)9-21-6-5-13-12(10-21)8-19-18(20-13)15-2-1-7-25-15/h1-4,7-8,22-24H,5-6,9-10H2. The van der Waals surface area contributed by atoms with Crippen LogP contribution < -0.4 is 0 Å². The van der Waals surface area contributed by atoms with Crippen LogP contribution >= 0.6 is 0 Å². The number of furan rings is 1. The summed E-state index contributed by atoms with van der Waals surface area (Å²) >= 11 is 0. The Hall–Kier alpha value is -3.06. The normalized spacial score (nSPS) is 14.4. The molecule has 3 heterocycles. The molecule has 0 spiro atoms. The summed E-state index contributed by atoms with van der Waals surface area (Å²) in [7, 11) is 0. The molecular weight excluding hydrogens is 322 g/mol. The fourth-order valence-corrected chi connectivity index (χ4v) is 3.01. The van der Waals surface area contributed by atoms with Gasteiger partial charge in [-0.05, 0) is 18.2 Å². The second-order valence-corrected chi connectivity index (χ2v) is 6.04. The number of fused-ring (bicyclic) bond motifs is 1. The van der Waals surface area contributed by atoms with Gasteiger partial charge in [0, 0.05) is 43.4 Å². The molecule has 0 saturated carbocycles. The van der Waals surface area contributed by atoms with Crippen LogP contribution in [0.2, 0.25) is 0 Å². The van der Waals surface area contributed by atoms with Crippen molar-refractivity contribution in [1.82, 2.24) is 14.9 Å². The number of aromatic hydroxyl groups is 3. The van der Waals surface area contributed by atoms with Crippen molar-refractivity contribution >= 4 is 0 Å². The predicted octanol–water partition coefficient (Wildman–Crippen LogP) is 2.41. The van der Waals surface area contributed by atoms with Crippen molar-refractivity contribution in [2.24, 2.45) is 0 Å². The zero-order valence-corrected chi connectivity index (χ0v) is 13.4. The van der Waals surface area contributed by atoms with Crippen LogP contribution in [0.4, 0.5) is 0 Å².